The van der Waals surface area contributed by atoms with Crippen LogP contribution >= 0.6 is 0 Å². The monoisotopic (exact) mass is 359 g/mol. The molecule has 2 atom stereocenters. The van der Waals surface area contributed by atoms with Gasteiger partial charge in [-0.2, -0.15) is 0 Å². The van der Waals surface area contributed by atoms with Crippen molar-refractivity contribution in [1.29, 1.82) is 0 Å². The van der Waals surface area contributed by atoms with Crippen molar-refractivity contribution in [3.63, 3.8) is 0 Å². The molecule has 0 aliphatic carbocycles. The molecule has 5 nitrogen and oxygen atoms in total. The topological polar surface area (TPSA) is 70.0 Å². The number of amides is 1. The van der Waals surface area contributed by atoms with Crippen molar-refractivity contribution in [2.24, 2.45) is 5.92 Å². The van der Waals surface area contributed by atoms with Crippen molar-refractivity contribution >= 4 is 5.91 Å². The number of halogens is 1. The van der Waals surface area contributed by atoms with Crippen molar-refractivity contribution < 1.29 is 24.1 Å². The van der Waals surface area contributed by atoms with Crippen molar-refractivity contribution in [1.82, 2.24) is 4.90 Å². The third-order valence-electron chi connectivity index (χ3n) is 4.63. The van der Waals surface area contributed by atoms with Gasteiger partial charge in [0.05, 0.1) is 13.2 Å². The van der Waals surface area contributed by atoms with Crippen LogP contribution in [0.25, 0.3) is 0 Å². The minimum atomic E-state index is -0.473. The summed E-state index contributed by atoms with van der Waals surface area (Å²) in [4.78, 5) is 14.5. The second kappa shape index (κ2) is 7.74. The number of hydrogen-bond acceptors (Lipinski definition) is 4. The normalized spacial score (nSPS) is 18.5. The van der Waals surface area contributed by atoms with Crippen LogP contribution < -0.4 is 0 Å². The molecule has 0 saturated carbocycles. The largest absolute Gasteiger partial charge is 0.504 e. The highest BCUT2D eigenvalue weighted by molar-refractivity contribution is 5.79. The molecule has 2 N–H and O–H groups in total. The van der Waals surface area contributed by atoms with E-state index in [1.807, 2.05) is 6.92 Å². The molecule has 0 aromatic heterocycles. The number of nitrogens with zero attached hydrogens (tertiary/aromatic N) is 1. The zero-order chi connectivity index (χ0) is 18.7. The lowest BCUT2D eigenvalue weighted by molar-refractivity contribution is -0.142. The number of morpholine rings is 1. The molecule has 6 heteroatoms. The van der Waals surface area contributed by atoms with E-state index in [2.05, 4.69) is 0 Å². The first kappa shape index (κ1) is 18.2. The van der Waals surface area contributed by atoms with Gasteiger partial charge >= 0.3 is 0 Å². The molecule has 0 unspecified atom stereocenters. The number of benzene rings is 2. The third kappa shape index (κ3) is 3.96. The highest BCUT2D eigenvalue weighted by Gasteiger charge is 2.29. The van der Waals surface area contributed by atoms with Crippen LogP contribution in [0.5, 0.6) is 11.5 Å². The Bertz CT molecular complexity index is 795. The van der Waals surface area contributed by atoms with E-state index in [-0.39, 0.29) is 29.1 Å². The lowest BCUT2D eigenvalue weighted by Crippen LogP contribution is -2.45. The van der Waals surface area contributed by atoms with Gasteiger partial charge in [0.2, 0.25) is 5.91 Å². The second-order valence-corrected chi connectivity index (χ2v) is 6.59. The van der Waals surface area contributed by atoms with E-state index in [9.17, 15) is 19.4 Å². The van der Waals surface area contributed by atoms with E-state index in [1.165, 1.54) is 18.2 Å². The predicted octanol–water partition coefficient (Wildman–Crippen LogP) is 3.02. The maximum Gasteiger partial charge on any atom is 0.225 e. The Morgan fingerprint density at radius 1 is 1.27 bits per heavy atom. The summed E-state index contributed by atoms with van der Waals surface area (Å²) >= 11 is 0. The van der Waals surface area contributed by atoms with Gasteiger partial charge in [0.15, 0.2) is 11.5 Å². The summed E-state index contributed by atoms with van der Waals surface area (Å²) in [7, 11) is 0. The van der Waals surface area contributed by atoms with Crippen LogP contribution in [-0.2, 0) is 16.0 Å². The van der Waals surface area contributed by atoms with Crippen LogP contribution in [-0.4, -0.2) is 40.7 Å². The molecular formula is C20H22FNO4. The van der Waals surface area contributed by atoms with E-state index >= 15 is 0 Å². The molecule has 1 saturated heterocycles. The Labute approximate surface area is 151 Å². The van der Waals surface area contributed by atoms with Crippen LogP contribution in [0.2, 0.25) is 0 Å². The maximum atomic E-state index is 14.0. The van der Waals surface area contributed by atoms with Crippen LogP contribution in [0.3, 0.4) is 0 Å². The molecule has 0 spiro atoms. The third-order valence-corrected chi connectivity index (χ3v) is 4.63. The van der Waals surface area contributed by atoms with Gasteiger partial charge in [-0.1, -0.05) is 31.2 Å². The van der Waals surface area contributed by atoms with Gasteiger partial charge in [-0.25, -0.2) is 4.39 Å². The molecule has 0 bridgehead atoms. The maximum absolute atomic E-state index is 14.0. The Kier molecular flexibility index (Phi) is 5.42. The zero-order valence-corrected chi connectivity index (χ0v) is 14.6. The van der Waals surface area contributed by atoms with Gasteiger partial charge in [-0.3, -0.25) is 4.79 Å². The average Bonchev–Trinajstić information content (AvgIpc) is 2.64. The first-order valence-corrected chi connectivity index (χ1v) is 8.61. The van der Waals surface area contributed by atoms with Crippen LogP contribution in [0.1, 0.15) is 24.2 Å². The van der Waals surface area contributed by atoms with Crippen molar-refractivity contribution in [2.45, 2.75) is 19.4 Å². The highest BCUT2D eigenvalue weighted by atomic mass is 19.1. The average molecular weight is 359 g/mol. The van der Waals surface area contributed by atoms with E-state index in [0.29, 0.717) is 31.7 Å². The Hall–Kier alpha value is -2.60. The van der Waals surface area contributed by atoms with Crippen molar-refractivity contribution in [3.8, 4) is 11.5 Å². The zero-order valence-electron chi connectivity index (χ0n) is 14.6. The van der Waals surface area contributed by atoms with E-state index in [4.69, 9.17) is 4.74 Å². The fourth-order valence-electron chi connectivity index (χ4n) is 3.22. The van der Waals surface area contributed by atoms with Crippen LogP contribution in [0.4, 0.5) is 4.39 Å². The van der Waals surface area contributed by atoms with Crippen molar-refractivity contribution in [3.05, 3.63) is 59.4 Å². The molecule has 1 amide bonds. The molecule has 1 aliphatic heterocycles. The van der Waals surface area contributed by atoms with Gasteiger partial charge in [-0.15, -0.1) is 0 Å². The summed E-state index contributed by atoms with van der Waals surface area (Å²) in [6.45, 7) is 2.96. The smallest absolute Gasteiger partial charge is 0.225 e. The fraction of sp³-hybridized carbons (Fsp3) is 0.350. The Balaban J connectivity index is 1.66. The van der Waals surface area contributed by atoms with Crippen LogP contribution in [0, 0.1) is 11.7 Å². The van der Waals surface area contributed by atoms with Gasteiger partial charge in [0.25, 0.3) is 0 Å². The lowest BCUT2D eigenvalue weighted by Gasteiger charge is -2.34. The number of phenolic OH excluding ortho intramolecular Hbond substituents is 2. The molecule has 26 heavy (non-hydrogen) atoms. The number of ether oxygens (including phenoxy) is 1. The fourth-order valence-corrected chi connectivity index (χ4v) is 3.22. The number of rotatable bonds is 4. The molecule has 3 rings (SSSR count). The number of carbonyl (C=O) groups is 1. The van der Waals surface area contributed by atoms with E-state index < -0.39 is 6.10 Å². The second-order valence-electron chi connectivity index (χ2n) is 6.59. The summed E-state index contributed by atoms with van der Waals surface area (Å²) in [5.41, 5.74) is 1.22. The number of carbonyl (C=O) groups excluding carboxylic acids is 1. The molecule has 1 heterocycles. The molecule has 2 aromatic rings. The quantitative estimate of drug-likeness (QED) is 0.824. The molecule has 1 fully saturated rings. The standard InChI is InChI=1S/C20H22FNO4/c1-13(10-14-6-7-17(23)18(24)11-14)20(25)22-8-9-26-19(12-22)15-4-2-3-5-16(15)21/h2-7,11,13,19,23-24H,8-10,12H2,1H3/t13-,19+/m1/s1. The SMILES string of the molecule is C[C@H](Cc1ccc(O)c(O)c1)C(=O)N1CCO[C@H](c2ccccc2F)C1. The number of phenols is 2. The first-order valence-electron chi connectivity index (χ1n) is 8.61. The highest BCUT2D eigenvalue weighted by Crippen LogP contribution is 2.28. The predicted molar refractivity (Wildman–Crippen MR) is 94.3 cm³/mol. The van der Waals surface area contributed by atoms with E-state index in [1.54, 1.807) is 29.2 Å². The number of hydrogen-bond donors (Lipinski definition) is 2. The minimum Gasteiger partial charge on any atom is -0.504 e. The van der Waals surface area contributed by atoms with E-state index in [0.717, 1.165) is 5.56 Å². The summed E-state index contributed by atoms with van der Waals surface area (Å²) in [5, 5.41) is 19.0. The number of aromatic hydroxyl groups is 2. The molecule has 2 aromatic carbocycles. The summed E-state index contributed by atoms with van der Waals surface area (Å²) in [6, 6.07) is 11.0. The first-order chi connectivity index (χ1) is 12.5. The van der Waals surface area contributed by atoms with Gasteiger partial charge in [0.1, 0.15) is 11.9 Å². The lowest BCUT2D eigenvalue weighted by atomic mass is 9.98. The Morgan fingerprint density at radius 2 is 2.04 bits per heavy atom. The van der Waals surface area contributed by atoms with Crippen LogP contribution in [0.15, 0.2) is 42.5 Å². The molecule has 1 aliphatic rings. The molecule has 138 valence electrons. The Morgan fingerprint density at radius 3 is 2.77 bits per heavy atom. The van der Waals surface area contributed by atoms with Gasteiger partial charge in [0, 0.05) is 18.0 Å². The molecular weight excluding hydrogens is 337 g/mol. The van der Waals surface area contributed by atoms with Gasteiger partial charge in [-0.05, 0) is 30.2 Å². The summed E-state index contributed by atoms with van der Waals surface area (Å²) in [5.74, 6) is -1.07. The summed E-state index contributed by atoms with van der Waals surface area (Å²) in [6.07, 6.45) is -0.0344. The van der Waals surface area contributed by atoms with Crippen molar-refractivity contribution in [2.75, 3.05) is 19.7 Å². The minimum absolute atomic E-state index is 0.0396. The summed E-state index contributed by atoms with van der Waals surface area (Å²) < 4.78 is 19.6. The van der Waals surface area contributed by atoms with Gasteiger partial charge < -0.3 is 19.8 Å². The molecule has 0 radical (unpaired) electrons.